The van der Waals surface area contributed by atoms with Crippen LogP contribution in [0.4, 0.5) is 0 Å². The predicted octanol–water partition coefficient (Wildman–Crippen LogP) is 1.67. The Labute approximate surface area is 132 Å². The summed E-state index contributed by atoms with van der Waals surface area (Å²) in [4.78, 5) is 20.4. The first-order valence-electron chi connectivity index (χ1n) is 7.02. The first kappa shape index (κ1) is 14.9. The lowest BCUT2D eigenvalue weighted by Crippen LogP contribution is -2.31. The number of rotatable bonds is 4. The van der Waals surface area contributed by atoms with Gasteiger partial charge in [-0.05, 0) is 18.9 Å². The van der Waals surface area contributed by atoms with Crippen molar-refractivity contribution in [1.82, 2.24) is 25.5 Å². The van der Waals surface area contributed by atoms with Gasteiger partial charge in [-0.1, -0.05) is 11.6 Å². The maximum atomic E-state index is 12.3. The Bertz CT molecular complexity index is 661. The van der Waals surface area contributed by atoms with Crippen molar-refractivity contribution < 1.29 is 9.53 Å². The molecule has 0 aromatic carbocycles. The highest BCUT2D eigenvalue weighted by Gasteiger charge is 2.32. The van der Waals surface area contributed by atoms with Gasteiger partial charge in [0.05, 0.1) is 10.6 Å². The van der Waals surface area contributed by atoms with Crippen LogP contribution in [0.15, 0.2) is 18.7 Å². The van der Waals surface area contributed by atoms with E-state index in [1.54, 1.807) is 6.92 Å². The number of hydrogen-bond acceptors (Lipinski definition) is 5. The Hall–Kier alpha value is -1.99. The number of carbonyl (C=O) groups excluding carboxylic acids is 1. The van der Waals surface area contributed by atoms with E-state index < -0.39 is 0 Å². The Morgan fingerprint density at radius 3 is 3.18 bits per heavy atom. The second kappa shape index (κ2) is 6.41. The lowest BCUT2D eigenvalue weighted by atomic mass is 10.0. The molecule has 0 aliphatic carbocycles. The minimum absolute atomic E-state index is 0.157. The highest BCUT2D eigenvalue weighted by atomic mass is 35.5. The fraction of sp³-hybridized carbons (Fsp3) is 0.429. The predicted molar refractivity (Wildman–Crippen MR) is 79.5 cm³/mol. The maximum Gasteiger partial charge on any atom is 0.253 e. The van der Waals surface area contributed by atoms with Gasteiger partial charge < -0.3 is 10.1 Å². The van der Waals surface area contributed by atoms with Crippen molar-refractivity contribution in [3.8, 4) is 0 Å². The number of nitrogens with zero attached hydrogens (tertiary/aromatic N) is 3. The number of carbonyl (C=O) groups is 1. The molecule has 2 aromatic rings. The van der Waals surface area contributed by atoms with Crippen LogP contribution in [-0.4, -0.2) is 39.2 Å². The number of nitrogens with one attached hydrogen (secondary N) is 2. The van der Waals surface area contributed by atoms with E-state index in [1.807, 2.05) is 0 Å². The quantitative estimate of drug-likeness (QED) is 0.893. The lowest BCUT2D eigenvalue weighted by Gasteiger charge is -2.17. The Morgan fingerprint density at radius 2 is 2.41 bits per heavy atom. The average molecular weight is 322 g/mol. The molecule has 3 rings (SSSR count). The van der Waals surface area contributed by atoms with Crippen LogP contribution in [-0.2, 0) is 4.74 Å². The van der Waals surface area contributed by atoms with Gasteiger partial charge in [0.2, 0.25) is 0 Å². The number of pyridine rings is 1. The summed E-state index contributed by atoms with van der Waals surface area (Å²) in [7, 11) is 0. The second-order valence-corrected chi connectivity index (χ2v) is 5.62. The SMILES string of the molecule is Cc1c(Cl)cncc1C(=O)NC[C@@H]1CCO[C@@H]1c1ncn[nH]1. The summed E-state index contributed by atoms with van der Waals surface area (Å²) in [5, 5.41) is 10.1. The van der Waals surface area contributed by atoms with E-state index in [4.69, 9.17) is 16.3 Å². The highest BCUT2D eigenvalue weighted by molar-refractivity contribution is 6.31. The average Bonchev–Trinajstić information content (AvgIpc) is 3.17. The van der Waals surface area contributed by atoms with Crippen molar-refractivity contribution in [3.05, 3.63) is 40.7 Å². The van der Waals surface area contributed by atoms with Crippen molar-refractivity contribution in [1.29, 1.82) is 0 Å². The molecular formula is C14H16ClN5O2. The lowest BCUT2D eigenvalue weighted by molar-refractivity contribution is 0.0798. The third kappa shape index (κ3) is 2.95. The van der Waals surface area contributed by atoms with E-state index >= 15 is 0 Å². The molecular weight excluding hydrogens is 306 g/mol. The molecule has 1 aliphatic heterocycles. The molecule has 1 fully saturated rings. The fourth-order valence-corrected chi connectivity index (χ4v) is 2.70. The van der Waals surface area contributed by atoms with Crippen LogP contribution >= 0.6 is 11.6 Å². The van der Waals surface area contributed by atoms with E-state index in [0.29, 0.717) is 29.6 Å². The number of H-pyrrole nitrogens is 1. The number of halogens is 1. The topological polar surface area (TPSA) is 92.8 Å². The van der Waals surface area contributed by atoms with Crippen molar-refractivity contribution in [3.63, 3.8) is 0 Å². The summed E-state index contributed by atoms with van der Waals surface area (Å²) < 4.78 is 5.67. The van der Waals surface area contributed by atoms with Crippen molar-refractivity contribution >= 4 is 17.5 Å². The smallest absolute Gasteiger partial charge is 0.253 e. The van der Waals surface area contributed by atoms with Crippen molar-refractivity contribution in [2.75, 3.05) is 13.2 Å². The summed E-state index contributed by atoms with van der Waals surface area (Å²) in [6.45, 7) is 2.94. The van der Waals surface area contributed by atoms with Gasteiger partial charge >= 0.3 is 0 Å². The van der Waals surface area contributed by atoms with E-state index in [0.717, 1.165) is 12.0 Å². The van der Waals surface area contributed by atoms with E-state index in [2.05, 4.69) is 25.5 Å². The first-order chi connectivity index (χ1) is 10.7. The molecule has 1 aliphatic rings. The van der Waals surface area contributed by atoms with Gasteiger partial charge in [0.1, 0.15) is 12.4 Å². The minimum Gasteiger partial charge on any atom is -0.370 e. The van der Waals surface area contributed by atoms with Crippen LogP contribution in [0.3, 0.4) is 0 Å². The van der Waals surface area contributed by atoms with Crippen LogP contribution in [0.1, 0.15) is 34.3 Å². The van der Waals surface area contributed by atoms with Crippen LogP contribution < -0.4 is 5.32 Å². The minimum atomic E-state index is -0.185. The molecule has 0 bridgehead atoms. The molecule has 22 heavy (non-hydrogen) atoms. The largest absolute Gasteiger partial charge is 0.370 e. The maximum absolute atomic E-state index is 12.3. The zero-order valence-corrected chi connectivity index (χ0v) is 12.8. The Morgan fingerprint density at radius 1 is 1.55 bits per heavy atom. The van der Waals surface area contributed by atoms with Gasteiger partial charge in [-0.15, -0.1) is 0 Å². The fourth-order valence-electron chi connectivity index (χ4n) is 2.54. The first-order valence-corrected chi connectivity index (χ1v) is 7.39. The molecule has 0 spiro atoms. The number of hydrogen-bond donors (Lipinski definition) is 2. The Balaban J connectivity index is 1.64. The zero-order chi connectivity index (χ0) is 15.5. The second-order valence-electron chi connectivity index (χ2n) is 5.21. The van der Waals surface area contributed by atoms with Gasteiger partial charge in [0, 0.05) is 31.5 Å². The number of ether oxygens (including phenoxy) is 1. The van der Waals surface area contributed by atoms with Gasteiger partial charge in [0.25, 0.3) is 5.91 Å². The number of aromatic nitrogens is 4. The third-order valence-electron chi connectivity index (χ3n) is 3.84. The molecule has 116 valence electrons. The Kier molecular flexibility index (Phi) is 4.35. The molecule has 7 nitrogen and oxygen atoms in total. The molecule has 0 unspecified atom stereocenters. The molecule has 1 saturated heterocycles. The summed E-state index contributed by atoms with van der Waals surface area (Å²) in [6, 6.07) is 0. The standard InChI is InChI=1S/C14H16ClN5O2/c1-8-10(5-16-6-11(8)15)14(21)17-4-9-2-3-22-12(9)13-18-7-19-20-13/h5-7,9,12H,2-4H2,1H3,(H,17,21)(H,18,19,20)/t9-,12-/m0/s1. The van der Waals surface area contributed by atoms with Crippen LogP contribution in [0.25, 0.3) is 0 Å². The molecule has 0 saturated carbocycles. The molecule has 8 heteroatoms. The summed E-state index contributed by atoms with van der Waals surface area (Å²) in [5.74, 6) is 0.664. The summed E-state index contributed by atoms with van der Waals surface area (Å²) >= 11 is 5.99. The van der Waals surface area contributed by atoms with Gasteiger partial charge in [-0.25, -0.2) is 4.98 Å². The summed E-state index contributed by atoms with van der Waals surface area (Å²) in [5.41, 5.74) is 1.21. The van der Waals surface area contributed by atoms with E-state index in [1.165, 1.54) is 18.7 Å². The normalized spacial score (nSPS) is 21.0. The molecule has 0 radical (unpaired) electrons. The molecule has 2 aromatic heterocycles. The zero-order valence-electron chi connectivity index (χ0n) is 12.0. The van der Waals surface area contributed by atoms with E-state index in [9.17, 15) is 4.79 Å². The molecule has 2 N–H and O–H groups in total. The van der Waals surface area contributed by atoms with Crippen LogP contribution in [0.2, 0.25) is 5.02 Å². The van der Waals surface area contributed by atoms with Gasteiger partial charge in [0.15, 0.2) is 5.82 Å². The van der Waals surface area contributed by atoms with Crippen LogP contribution in [0.5, 0.6) is 0 Å². The molecule has 3 heterocycles. The van der Waals surface area contributed by atoms with Crippen LogP contribution in [0, 0.1) is 12.8 Å². The van der Waals surface area contributed by atoms with E-state index in [-0.39, 0.29) is 17.9 Å². The van der Waals surface area contributed by atoms with Crippen molar-refractivity contribution in [2.24, 2.45) is 5.92 Å². The van der Waals surface area contributed by atoms with Gasteiger partial charge in [-0.2, -0.15) is 5.10 Å². The highest BCUT2D eigenvalue weighted by Crippen LogP contribution is 2.31. The summed E-state index contributed by atoms with van der Waals surface area (Å²) in [6.07, 6.45) is 5.20. The molecule has 2 atom stereocenters. The molecule has 1 amide bonds. The van der Waals surface area contributed by atoms with Crippen molar-refractivity contribution in [2.45, 2.75) is 19.4 Å². The third-order valence-corrected chi connectivity index (χ3v) is 4.22. The van der Waals surface area contributed by atoms with Gasteiger partial charge in [-0.3, -0.25) is 14.9 Å². The monoisotopic (exact) mass is 321 g/mol. The number of amides is 1. The number of aromatic amines is 1.